The van der Waals surface area contributed by atoms with Crippen molar-refractivity contribution >= 4 is 21.4 Å². The van der Waals surface area contributed by atoms with Gasteiger partial charge in [0, 0.05) is 4.70 Å². The summed E-state index contributed by atoms with van der Waals surface area (Å²) in [6, 6.07) is 8.98. The van der Waals surface area contributed by atoms with Crippen molar-refractivity contribution in [3.63, 3.8) is 0 Å². The highest BCUT2D eigenvalue weighted by Crippen LogP contribution is 2.29. The molecule has 1 aromatic carbocycles. The number of aliphatic hydroxyl groups excluding tert-OH is 2. The molecule has 0 fully saturated rings. The van der Waals surface area contributed by atoms with Gasteiger partial charge in [0.25, 0.3) is 0 Å². The molecular formula is C11H9NO2S. The van der Waals surface area contributed by atoms with Crippen LogP contribution >= 0.6 is 11.3 Å². The standard InChI is InChI=1S/C11H9NO2S/c12-6-9(13)11(14)8-2-1-3-10-7(8)4-5-15-10/h1-5,9,11,13-14H. The number of nitrogens with zero attached hydrogens (tertiary/aromatic N) is 1. The van der Waals surface area contributed by atoms with E-state index in [1.54, 1.807) is 23.5 Å². The van der Waals surface area contributed by atoms with E-state index in [0.29, 0.717) is 5.56 Å². The maximum atomic E-state index is 9.74. The van der Waals surface area contributed by atoms with Gasteiger partial charge in [-0.3, -0.25) is 0 Å². The molecule has 1 heterocycles. The van der Waals surface area contributed by atoms with Crippen molar-refractivity contribution in [1.29, 1.82) is 5.26 Å². The summed E-state index contributed by atoms with van der Waals surface area (Å²) in [5, 5.41) is 30.3. The Balaban J connectivity index is 2.52. The monoisotopic (exact) mass is 219 g/mol. The summed E-state index contributed by atoms with van der Waals surface area (Å²) in [5.74, 6) is 0. The molecule has 0 amide bonds. The Bertz CT molecular complexity index is 515. The van der Waals surface area contributed by atoms with Crippen LogP contribution in [-0.4, -0.2) is 16.3 Å². The van der Waals surface area contributed by atoms with E-state index >= 15 is 0 Å². The first kappa shape index (κ1) is 10.1. The van der Waals surface area contributed by atoms with Crippen LogP contribution in [0.1, 0.15) is 11.7 Å². The largest absolute Gasteiger partial charge is 0.385 e. The van der Waals surface area contributed by atoms with Gasteiger partial charge in [-0.25, -0.2) is 0 Å². The SMILES string of the molecule is N#CC(O)C(O)c1cccc2sccc12. The first-order valence-electron chi connectivity index (χ1n) is 4.46. The number of fused-ring (bicyclic) bond motifs is 1. The smallest absolute Gasteiger partial charge is 0.170 e. The van der Waals surface area contributed by atoms with Crippen molar-refractivity contribution in [1.82, 2.24) is 0 Å². The van der Waals surface area contributed by atoms with Crippen LogP contribution in [0.15, 0.2) is 29.6 Å². The van der Waals surface area contributed by atoms with E-state index in [1.165, 1.54) is 0 Å². The molecule has 2 aromatic rings. The number of rotatable bonds is 2. The lowest BCUT2D eigenvalue weighted by Crippen LogP contribution is -2.15. The molecule has 0 saturated heterocycles. The maximum absolute atomic E-state index is 9.74. The van der Waals surface area contributed by atoms with Crippen LogP contribution in [0.5, 0.6) is 0 Å². The van der Waals surface area contributed by atoms with Crippen LogP contribution in [0.4, 0.5) is 0 Å². The number of hydrogen-bond acceptors (Lipinski definition) is 4. The zero-order valence-electron chi connectivity index (χ0n) is 7.79. The van der Waals surface area contributed by atoms with Gasteiger partial charge in [0.15, 0.2) is 6.10 Å². The first-order valence-corrected chi connectivity index (χ1v) is 5.34. The van der Waals surface area contributed by atoms with E-state index in [2.05, 4.69) is 0 Å². The first-order chi connectivity index (χ1) is 7.24. The Morgan fingerprint density at radius 3 is 2.80 bits per heavy atom. The number of aliphatic hydroxyl groups is 2. The molecule has 0 bridgehead atoms. The molecule has 0 aliphatic heterocycles. The fourth-order valence-electron chi connectivity index (χ4n) is 1.52. The summed E-state index contributed by atoms with van der Waals surface area (Å²) in [5.41, 5.74) is 0.600. The molecule has 4 heteroatoms. The average molecular weight is 219 g/mol. The topological polar surface area (TPSA) is 64.2 Å². The average Bonchev–Trinajstić information content (AvgIpc) is 2.74. The lowest BCUT2D eigenvalue weighted by molar-refractivity contribution is 0.0538. The third-order valence-corrected chi connectivity index (χ3v) is 3.16. The predicted octanol–water partition coefficient (Wildman–Crippen LogP) is 1.82. The highest BCUT2D eigenvalue weighted by Gasteiger charge is 2.19. The Kier molecular flexibility index (Phi) is 2.69. The summed E-state index contributed by atoms with van der Waals surface area (Å²) >= 11 is 1.56. The number of benzene rings is 1. The van der Waals surface area contributed by atoms with Gasteiger partial charge in [0.1, 0.15) is 6.10 Å². The molecular weight excluding hydrogens is 210 g/mol. The molecule has 15 heavy (non-hydrogen) atoms. The second kappa shape index (κ2) is 3.99. The molecule has 2 atom stereocenters. The Morgan fingerprint density at radius 2 is 2.07 bits per heavy atom. The van der Waals surface area contributed by atoms with Crippen LogP contribution in [0.25, 0.3) is 10.1 Å². The molecule has 0 saturated carbocycles. The van der Waals surface area contributed by atoms with Crippen LogP contribution in [0.2, 0.25) is 0 Å². The Labute approximate surface area is 90.8 Å². The summed E-state index contributed by atoms with van der Waals surface area (Å²) in [4.78, 5) is 0. The number of hydrogen-bond donors (Lipinski definition) is 2. The van der Waals surface area contributed by atoms with Gasteiger partial charge in [-0.1, -0.05) is 12.1 Å². The third kappa shape index (κ3) is 1.73. The van der Waals surface area contributed by atoms with E-state index in [0.717, 1.165) is 10.1 Å². The molecule has 2 unspecified atom stereocenters. The van der Waals surface area contributed by atoms with Crippen molar-refractivity contribution < 1.29 is 10.2 Å². The van der Waals surface area contributed by atoms with Gasteiger partial charge in [-0.2, -0.15) is 5.26 Å². The summed E-state index contributed by atoms with van der Waals surface area (Å²) in [7, 11) is 0. The minimum atomic E-state index is -1.38. The van der Waals surface area contributed by atoms with E-state index in [1.807, 2.05) is 23.6 Å². The summed E-state index contributed by atoms with van der Waals surface area (Å²) in [6.07, 6.45) is -2.52. The molecule has 0 radical (unpaired) electrons. The third-order valence-electron chi connectivity index (χ3n) is 2.28. The molecule has 1 aromatic heterocycles. The molecule has 0 aliphatic rings. The second-order valence-corrected chi connectivity index (χ2v) is 4.15. The molecule has 0 spiro atoms. The van der Waals surface area contributed by atoms with Gasteiger partial charge in [0.2, 0.25) is 0 Å². The quantitative estimate of drug-likeness (QED) is 0.757. The van der Waals surface area contributed by atoms with Crippen molar-refractivity contribution in [2.75, 3.05) is 0 Å². The number of thiophene rings is 1. The van der Waals surface area contributed by atoms with Crippen molar-refractivity contribution in [2.45, 2.75) is 12.2 Å². The van der Waals surface area contributed by atoms with Crippen LogP contribution < -0.4 is 0 Å². The summed E-state index contributed by atoms with van der Waals surface area (Å²) < 4.78 is 1.04. The summed E-state index contributed by atoms with van der Waals surface area (Å²) in [6.45, 7) is 0. The van der Waals surface area contributed by atoms with Gasteiger partial charge in [-0.05, 0) is 28.5 Å². The minimum absolute atomic E-state index is 0.600. The molecule has 0 aliphatic carbocycles. The Morgan fingerprint density at radius 1 is 1.27 bits per heavy atom. The fraction of sp³-hybridized carbons (Fsp3) is 0.182. The van der Waals surface area contributed by atoms with E-state index in [9.17, 15) is 10.2 Å². The van der Waals surface area contributed by atoms with Gasteiger partial charge in [-0.15, -0.1) is 11.3 Å². The predicted molar refractivity (Wildman–Crippen MR) is 58.4 cm³/mol. The van der Waals surface area contributed by atoms with Crippen molar-refractivity contribution in [3.8, 4) is 6.07 Å². The maximum Gasteiger partial charge on any atom is 0.170 e. The lowest BCUT2D eigenvalue weighted by Gasteiger charge is -2.12. The Hall–Kier alpha value is -1.41. The van der Waals surface area contributed by atoms with Crippen LogP contribution in [-0.2, 0) is 0 Å². The fourth-order valence-corrected chi connectivity index (χ4v) is 2.34. The minimum Gasteiger partial charge on any atom is -0.385 e. The highest BCUT2D eigenvalue weighted by atomic mass is 32.1. The van der Waals surface area contributed by atoms with Gasteiger partial charge in [0.05, 0.1) is 6.07 Å². The van der Waals surface area contributed by atoms with Crippen molar-refractivity contribution in [3.05, 3.63) is 35.2 Å². The molecule has 2 N–H and O–H groups in total. The van der Waals surface area contributed by atoms with Crippen LogP contribution in [0.3, 0.4) is 0 Å². The van der Waals surface area contributed by atoms with E-state index < -0.39 is 12.2 Å². The molecule has 76 valence electrons. The van der Waals surface area contributed by atoms with Gasteiger partial charge >= 0.3 is 0 Å². The molecule has 2 rings (SSSR count). The van der Waals surface area contributed by atoms with E-state index in [-0.39, 0.29) is 0 Å². The van der Waals surface area contributed by atoms with Gasteiger partial charge < -0.3 is 10.2 Å². The lowest BCUT2D eigenvalue weighted by atomic mass is 10.0. The van der Waals surface area contributed by atoms with Crippen LogP contribution in [0, 0.1) is 11.3 Å². The second-order valence-electron chi connectivity index (χ2n) is 3.20. The zero-order chi connectivity index (χ0) is 10.8. The van der Waals surface area contributed by atoms with Crippen molar-refractivity contribution in [2.24, 2.45) is 0 Å². The highest BCUT2D eigenvalue weighted by molar-refractivity contribution is 7.17. The normalized spacial score (nSPS) is 14.7. The van der Waals surface area contributed by atoms with E-state index in [4.69, 9.17) is 5.26 Å². The molecule has 3 nitrogen and oxygen atoms in total. The number of nitriles is 1. The zero-order valence-corrected chi connectivity index (χ0v) is 8.61.